The maximum atomic E-state index is 12.8. The van der Waals surface area contributed by atoms with E-state index in [0.717, 1.165) is 5.56 Å². The van der Waals surface area contributed by atoms with Gasteiger partial charge in [-0.05, 0) is 55.8 Å². The summed E-state index contributed by atoms with van der Waals surface area (Å²) in [5.74, 6) is 0.408. The first-order valence-electron chi connectivity index (χ1n) is 7.97. The molecule has 2 amide bonds. The van der Waals surface area contributed by atoms with Crippen LogP contribution in [0.4, 0.5) is 10.1 Å². The Labute approximate surface area is 151 Å². The highest BCUT2D eigenvalue weighted by Gasteiger charge is 2.07. The summed E-state index contributed by atoms with van der Waals surface area (Å²) >= 11 is 1.48. The highest BCUT2D eigenvalue weighted by molar-refractivity contribution is 7.99. The van der Waals surface area contributed by atoms with Gasteiger partial charge >= 0.3 is 0 Å². The average Bonchev–Trinajstić information content (AvgIpc) is 2.57. The number of amides is 2. The van der Waals surface area contributed by atoms with Crippen molar-refractivity contribution in [2.24, 2.45) is 0 Å². The van der Waals surface area contributed by atoms with E-state index in [1.807, 2.05) is 26.0 Å². The molecule has 0 atom stereocenters. The van der Waals surface area contributed by atoms with Gasteiger partial charge in [0.05, 0.1) is 5.75 Å². The molecule has 2 aromatic carbocycles. The van der Waals surface area contributed by atoms with Gasteiger partial charge in [-0.15, -0.1) is 11.8 Å². The van der Waals surface area contributed by atoms with Crippen molar-refractivity contribution in [2.75, 3.05) is 11.1 Å². The van der Waals surface area contributed by atoms with E-state index in [0.29, 0.717) is 22.8 Å². The van der Waals surface area contributed by atoms with Gasteiger partial charge < -0.3 is 10.6 Å². The van der Waals surface area contributed by atoms with Crippen molar-refractivity contribution in [3.63, 3.8) is 0 Å². The van der Waals surface area contributed by atoms with Crippen LogP contribution in [0.25, 0.3) is 0 Å². The predicted octanol–water partition coefficient (Wildman–Crippen LogP) is 3.84. The van der Waals surface area contributed by atoms with Gasteiger partial charge in [0.1, 0.15) is 5.82 Å². The summed E-state index contributed by atoms with van der Waals surface area (Å²) in [7, 11) is 0. The zero-order chi connectivity index (χ0) is 18.2. The normalized spacial score (nSPS) is 10.6. The molecule has 0 aliphatic heterocycles. The molecule has 2 aromatic rings. The first kappa shape index (κ1) is 19.0. The number of benzene rings is 2. The molecule has 0 aliphatic carbocycles. The van der Waals surface area contributed by atoms with Gasteiger partial charge in [0.15, 0.2) is 0 Å². The van der Waals surface area contributed by atoms with Gasteiger partial charge in [-0.25, -0.2) is 4.39 Å². The molecule has 0 saturated heterocycles. The first-order chi connectivity index (χ1) is 11.9. The summed E-state index contributed by atoms with van der Waals surface area (Å²) < 4.78 is 12.8. The fourth-order valence-electron chi connectivity index (χ4n) is 2.09. The smallest absolute Gasteiger partial charge is 0.251 e. The van der Waals surface area contributed by atoms with E-state index in [1.54, 1.807) is 12.1 Å². The zero-order valence-electron chi connectivity index (χ0n) is 14.2. The van der Waals surface area contributed by atoms with Crippen molar-refractivity contribution >= 4 is 29.3 Å². The molecule has 0 bridgehead atoms. The Bertz CT molecular complexity index is 715. The van der Waals surface area contributed by atoms with Crippen LogP contribution in [-0.4, -0.2) is 23.6 Å². The van der Waals surface area contributed by atoms with Gasteiger partial charge in [0.2, 0.25) is 5.91 Å². The molecule has 132 valence electrons. The lowest BCUT2D eigenvalue weighted by molar-refractivity contribution is -0.113. The molecule has 2 N–H and O–H groups in total. The predicted molar refractivity (Wildman–Crippen MR) is 100 cm³/mol. The highest BCUT2D eigenvalue weighted by atomic mass is 32.2. The molecule has 2 rings (SSSR count). The van der Waals surface area contributed by atoms with Crippen LogP contribution in [-0.2, 0) is 10.5 Å². The molecule has 0 aromatic heterocycles. The summed E-state index contributed by atoms with van der Waals surface area (Å²) in [6, 6.07) is 13.1. The molecule has 0 aliphatic rings. The number of hydrogen-bond acceptors (Lipinski definition) is 3. The van der Waals surface area contributed by atoms with E-state index in [2.05, 4.69) is 10.6 Å². The number of rotatable bonds is 7. The number of carbonyl (C=O) groups is 2. The van der Waals surface area contributed by atoms with Crippen molar-refractivity contribution in [1.82, 2.24) is 5.32 Å². The lowest BCUT2D eigenvalue weighted by atomic mass is 10.1. The summed E-state index contributed by atoms with van der Waals surface area (Å²) in [6.07, 6.45) is 0. The van der Waals surface area contributed by atoms with Crippen LogP contribution in [0.15, 0.2) is 48.5 Å². The molecule has 0 heterocycles. The van der Waals surface area contributed by atoms with Gasteiger partial charge in [-0.3, -0.25) is 9.59 Å². The molecule has 25 heavy (non-hydrogen) atoms. The lowest BCUT2D eigenvalue weighted by Gasteiger charge is -2.09. The van der Waals surface area contributed by atoms with E-state index in [1.165, 1.54) is 36.0 Å². The minimum absolute atomic E-state index is 0.0899. The molecular weight excluding hydrogens is 339 g/mol. The average molecular weight is 360 g/mol. The highest BCUT2D eigenvalue weighted by Crippen LogP contribution is 2.15. The third kappa shape index (κ3) is 6.58. The monoisotopic (exact) mass is 360 g/mol. The van der Waals surface area contributed by atoms with Gasteiger partial charge in [0, 0.05) is 23.0 Å². The topological polar surface area (TPSA) is 58.2 Å². The molecule has 0 spiro atoms. The summed E-state index contributed by atoms with van der Waals surface area (Å²) in [6.45, 7) is 3.83. The SMILES string of the molecule is CC(C)NC(=O)c1ccc(CSCC(=O)Nc2ccc(F)cc2)cc1. The molecular formula is C19H21FN2O2S. The van der Waals surface area contributed by atoms with Crippen LogP contribution in [0.2, 0.25) is 0 Å². The number of thioether (sulfide) groups is 1. The Morgan fingerprint density at radius 1 is 1.04 bits per heavy atom. The van der Waals surface area contributed by atoms with Gasteiger partial charge in [0.25, 0.3) is 5.91 Å². The lowest BCUT2D eigenvalue weighted by Crippen LogP contribution is -2.29. The van der Waals surface area contributed by atoms with Crippen molar-refractivity contribution < 1.29 is 14.0 Å². The minimum Gasteiger partial charge on any atom is -0.350 e. The molecule has 0 radical (unpaired) electrons. The van der Waals surface area contributed by atoms with E-state index in [-0.39, 0.29) is 23.7 Å². The van der Waals surface area contributed by atoms with Crippen molar-refractivity contribution in [1.29, 1.82) is 0 Å². The molecule has 0 fully saturated rings. The van der Waals surface area contributed by atoms with Crippen molar-refractivity contribution in [3.8, 4) is 0 Å². The van der Waals surface area contributed by atoms with Crippen LogP contribution < -0.4 is 10.6 Å². The molecule has 6 heteroatoms. The number of carbonyl (C=O) groups excluding carboxylic acids is 2. The maximum absolute atomic E-state index is 12.8. The standard InChI is InChI=1S/C19H21FN2O2S/c1-13(2)21-19(24)15-5-3-14(4-6-15)11-25-12-18(23)22-17-9-7-16(20)8-10-17/h3-10,13H,11-12H2,1-2H3,(H,21,24)(H,22,23). The minimum atomic E-state index is -0.335. The van der Waals surface area contributed by atoms with E-state index >= 15 is 0 Å². The van der Waals surface area contributed by atoms with E-state index in [4.69, 9.17) is 0 Å². The van der Waals surface area contributed by atoms with Crippen molar-refractivity contribution in [3.05, 3.63) is 65.5 Å². The van der Waals surface area contributed by atoms with Crippen LogP contribution in [0.1, 0.15) is 29.8 Å². The number of anilines is 1. The van der Waals surface area contributed by atoms with Gasteiger partial charge in [-0.2, -0.15) is 0 Å². The third-order valence-electron chi connectivity index (χ3n) is 3.27. The molecule has 4 nitrogen and oxygen atoms in total. The summed E-state index contributed by atoms with van der Waals surface area (Å²) in [4.78, 5) is 23.7. The van der Waals surface area contributed by atoms with E-state index in [9.17, 15) is 14.0 Å². The Balaban J connectivity index is 1.76. The number of nitrogens with one attached hydrogen (secondary N) is 2. The largest absolute Gasteiger partial charge is 0.350 e. The Morgan fingerprint density at radius 3 is 2.28 bits per heavy atom. The Hall–Kier alpha value is -2.34. The second kappa shape index (κ2) is 9.22. The van der Waals surface area contributed by atoms with Gasteiger partial charge in [-0.1, -0.05) is 12.1 Å². The Morgan fingerprint density at radius 2 is 1.68 bits per heavy atom. The fraction of sp³-hybridized carbons (Fsp3) is 0.263. The third-order valence-corrected chi connectivity index (χ3v) is 4.27. The fourth-order valence-corrected chi connectivity index (χ4v) is 2.88. The zero-order valence-corrected chi connectivity index (χ0v) is 15.0. The second-order valence-electron chi connectivity index (χ2n) is 5.87. The summed E-state index contributed by atoms with van der Waals surface area (Å²) in [5.41, 5.74) is 2.24. The van der Waals surface area contributed by atoms with Crippen LogP contribution in [0.5, 0.6) is 0 Å². The quantitative estimate of drug-likeness (QED) is 0.789. The molecule has 0 saturated carbocycles. The summed E-state index contributed by atoms with van der Waals surface area (Å²) in [5, 5.41) is 5.56. The number of halogens is 1. The first-order valence-corrected chi connectivity index (χ1v) is 9.12. The second-order valence-corrected chi connectivity index (χ2v) is 6.86. The van der Waals surface area contributed by atoms with Crippen molar-refractivity contribution in [2.45, 2.75) is 25.6 Å². The van der Waals surface area contributed by atoms with E-state index < -0.39 is 0 Å². The van der Waals surface area contributed by atoms with Crippen LogP contribution in [0.3, 0.4) is 0 Å². The Kier molecular flexibility index (Phi) is 7.01. The maximum Gasteiger partial charge on any atom is 0.251 e. The molecule has 0 unspecified atom stereocenters. The van der Waals surface area contributed by atoms with Crippen LogP contribution >= 0.6 is 11.8 Å². The van der Waals surface area contributed by atoms with Crippen LogP contribution in [0, 0.1) is 5.82 Å². The number of hydrogen-bond donors (Lipinski definition) is 2.